The van der Waals surface area contributed by atoms with E-state index in [1.54, 1.807) is 0 Å². The summed E-state index contributed by atoms with van der Waals surface area (Å²) >= 11 is 3.66. The van der Waals surface area contributed by atoms with Crippen LogP contribution in [0.2, 0.25) is 0 Å². The lowest BCUT2D eigenvalue weighted by Crippen LogP contribution is -1.84. The van der Waals surface area contributed by atoms with E-state index in [0.717, 1.165) is 4.47 Å². The summed E-state index contributed by atoms with van der Waals surface area (Å²) in [5.74, 6) is 0. The Labute approximate surface area is 156 Å². The Morgan fingerprint density at radius 2 is 0.880 bits per heavy atom. The number of hydrogen-bond acceptors (Lipinski definition) is 0. The zero-order valence-corrected chi connectivity index (χ0v) is 15.3. The molecule has 25 heavy (non-hydrogen) atoms. The Hall–Kier alpha value is -2.64. The van der Waals surface area contributed by atoms with Crippen LogP contribution in [0.4, 0.5) is 0 Å². The summed E-state index contributed by atoms with van der Waals surface area (Å²) in [4.78, 5) is 0. The third-order valence-electron chi connectivity index (χ3n) is 4.35. The molecule has 0 radical (unpaired) electrons. The highest BCUT2D eigenvalue weighted by Gasteiger charge is 2.05. The maximum absolute atomic E-state index is 3.66. The van der Waals surface area contributed by atoms with Crippen LogP contribution in [0.3, 0.4) is 0 Å². The molecule has 120 valence electrons. The molecule has 0 amide bonds. The minimum Gasteiger partial charge on any atom is -0.0622 e. The van der Waals surface area contributed by atoms with Crippen LogP contribution in [0.1, 0.15) is 0 Å². The van der Waals surface area contributed by atoms with Gasteiger partial charge in [-0.15, -0.1) is 0 Å². The van der Waals surface area contributed by atoms with Gasteiger partial charge in [0, 0.05) is 4.47 Å². The van der Waals surface area contributed by atoms with Crippen LogP contribution in [0, 0.1) is 0 Å². The molecule has 0 aliphatic rings. The molecule has 1 heteroatoms. The summed E-state index contributed by atoms with van der Waals surface area (Å²) in [5, 5.41) is 0. The van der Waals surface area contributed by atoms with Gasteiger partial charge in [-0.05, 0) is 51.6 Å². The molecular weight excluding hydrogens is 368 g/mol. The summed E-state index contributed by atoms with van der Waals surface area (Å²) < 4.78 is 1.12. The third-order valence-corrected chi connectivity index (χ3v) is 5.04. The third kappa shape index (κ3) is 3.42. The first kappa shape index (κ1) is 15.9. The van der Waals surface area contributed by atoms with Gasteiger partial charge in [0.2, 0.25) is 0 Å². The second-order valence-electron chi connectivity index (χ2n) is 6.01. The second kappa shape index (κ2) is 7.08. The molecule has 0 nitrogen and oxygen atoms in total. The molecule has 4 aromatic carbocycles. The van der Waals surface area contributed by atoms with Crippen LogP contribution in [0.5, 0.6) is 0 Å². The van der Waals surface area contributed by atoms with Crippen LogP contribution >= 0.6 is 15.9 Å². The summed E-state index contributed by atoms with van der Waals surface area (Å²) in [6, 6.07) is 36.3. The first-order valence-electron chi connectivity index (χ1n) is 8.32. The molecule has 0 aliphatic carbocycles. The molecule has 0 spiro atoms. The fourth-order valence-electron chi connectivity index (χ4n) is 3.07. The SMILES string of the molecule is Brc1ccccc1-c1cccc(-c2cccc(-c3ccccc3)c2)c1. The van der Waals surface area contributed by atoms with Gasteiger partial charge in [-0.1, -0.05) is 101 Å². The van der Waals surface area contributed by atoms with Gasteiger partial charge in [0.15, 0.2) is 0 Å². The largest absolute Gasteiger partial charge is 0.0622 e. The highest BCUT2D eigenvalue weighted by molar-refractivity contribution is 9.10. The van der Waals surface area contributed by atoms with Gasteiger partial charge in [0.05, 0.1) is 0 Å². The van der Waals surface area contributed by atoms with Crippen molar-refractivity contribution >= 4 is 15.9 Å². The predicted molar refractivity (Wildman–Crippen MR) is 110 cm³/mol. The lowest BCUT2D eigenvalue weighted by Gasteiger charge is -2.09. The molecule has 0 aromatic heterocycles. The van der Waals surface area contributed by atoms with Crippen LogP contribution < -0.4 is 0 Å². The minimum atomic E-state index is 1.12. The van der Waals surface area contributed by atoms with Crippen molar-refractivity contribution in [1.29, 1.82) is 0 Å². The molecule has 0 saturated carbocycles. The molecule has 0 fully saturated rings. The van der Waals surface area contributed by atoms with Crippen molar-refractivity contribution in [3.8, 4) is 33.4 Å². The maximum Gasteiger partial charge on any atom is 0.0253 e. The summed E-state index contributed by atoms with van der Waals surface area (Å²) in [6.07, 6.45) is 0. The fraction of sp³-hybridized carbons (Fsp3) is 0. The van der Waals surface area contributed by atoms with E-state index < -0.39 is 0 Å². The molecular formula is C24H17Br. The van der Waals surface area contributed by atoms with Gasteiger partial charge in [0.25, 0.3) is 0 Å². The molecule has 0 bridgehead atoms. The quantitative estimate of drug-likeness (QED) is 0.344. The number of halogens is 1. The van der Waals surface area contributed by atoms with Crippen molar-refractivity contribution in [2.75, 3.05) is 0 Å². The molecule has 0 atom stereocenters. The van der Waals surface area contributed by atoms with Gasteiger partial charge in [-0.3, -0.25) is 0 Å². The average molecular weight is 385 g/mol. The summed E-state index contributed by atoms with van der Waals surface area (Å²) in [7, 11) is 0. The van der Waals surface area contributed by atoms with E-state index in [9.17, 15) is 0 Å². The van der Waals surface area contributed by atoms with Crippen molar-refractivity contribution in [1.82, 2.24) is 0 Å². The first-order chi connectivity index (χ1) is 12.3. The van der Waals surface area contributed by atoms with E-state index in [1.807, 2.05) is 6.07 Å². The van der Waals surface area contributed by atoms with Crippen molar-refractivity contribution in [2.45, 2.75) is 0 Å². The van der Waals surface area contributed by atoms with E-state index >= 15 is 0 Å². The monoisotopic (exact) mass is 384 g/mol. The van der Waals surface area contributed by atoms with Crippen LogP contribution in [-0.2, 0) is 0 Å². The zero-order valence-electron chi connectivity index (χ0n) is 13.7. The van der Waals surface area contributed by atoms with Crippen molar-refractivity contribution in [2.24, 2.45) is 0 Å². The topological polar surface area (TPSA) is 0 Å². The molecule has 4 aromatic rings. The van der Waals surface area contributed by atoms with E-state index in [0.29, 0.717) is 0 Å². The summed E-state index contributed by atoms with van der Waals surface area (Å²) in [5.41, 5.74) is 7.37. The van der Waals surface area contributed by atoms with Crippen LogP contribution in [0.15, 0.2) is 108 Å². The van der Waals surface area contributed by atoms with E-state index in [-0.39, 0.29) is 0 Å². The molecule has 0 saturated heterocycles. The Morgan fingerprint density at radius 3 is 1.56 bits per heavy atom. The van der Waals surface area contributed by atoms with Gasteiger partial charge in [-0.2, -0.15) is 0 Å². The lowest BCUT2D eigenvalue weighted by atomic mass is 9.96. The normalized spacial score (nSPS) is 10.6. The molecule has 0 N–H and O–H groups in total. The predicted octanol–water partition coefficient (Wildman–Crippen LogP) is 7.45. The highest BCUT2D eigenvalue weighted by atomic mass is 79.9. The van der Waals surface area contributed by atoms with E-state index in [4.69, 9.17) is 0 Å². The smallest absolute Gasteiger partial charge is 0.0253 e. The van der Waals surface area contributed by atoms with Crippen molar-refractivity contribution < 1.29 is 0 Å². The molecule has 0 unspecified atom stereocenters. The minimum absolute atomic E-state index is 1.12. The van der Waals surface area contributed by atoms with Crippen molar-refractivity contribution in [3.63, 3.8) is 0 Å². The standard InChI is InChI=1S/C24H17Br/c25-24-15-5-4-14-23(24)22-13-7-12-21(17-22)20-11-6-10-19(16-20)18-8-2-1-3-9-18/h1-17H. The number of rotatable bonds is 3. The lowest BCUT2D eigenvalue weighted by molar-refractivity contribution is 1.56. The Bertz CT molecular complexity index is 1000. The van der Waals surface area contributed by atoms with Gasteiger partial charge >= 0.3 is 0 Å². The average Bonchev–Trinajstić information content (AvgIpc) is 2.69. The maximum atomic E-state index is 3.66. The number of benzene rings is 4. The second-order valence-corrected chi connectivity index (χ2v) is 6.86. The molecule has 0 aliphatic heterocycles. The van der Waals surface area contributed by atoms with Crippen LogP contribution in [-0.4, -0.2) is 0 Å². The van der Waals surface area contributed by atoms with Crippen molar-refractivity contribution in [3.05, 3.63) is 108 Å². The Kier molecular flexibility index (Phi) is 4.49. The van der Waals surface area contributed by atoms with E-state index in [2.05, 4.69) is 113 Å². The molecule has 4 rings (SSSR count). The van der Waals surface area contributed by atoms with Gasteiger partial charge < -0.3 is 0 Å². The first-order valence-corrected chi connectivity index (χ1v) is 9.11. The molecule has 0 heterocycles. The van der Waals surface area contributed by atoms with Gasteiger partial charge in [0.1, 0.15) is 0 Å². The summed E-state index contributed by atoms with van der Waals surface area (Å²) in [6.45, 7) is 0. The van der Waals surface area contributed by atoms with Gasteiger partial charge in [-0.25, -0.2) is 0 Å². The zero-order chi connectivity index (χ0) is 17.1. The Balaban J connectivity index is 1.76. The van der Waals surface area contributed by atoms with Crippen LogP contribution in [0.25, 0.3) is 33.4 Å². The highest BCUT2D eigenvalue weighted by Crippen LogP contribution is 2.32. The Morgan fingerprint density at radius 1 is 0.400 bits per heavy atom. The van der Waals surface area contributed by atoms with E-state index in [1.165, 1.54) is 33.4 Å². The fourth-order valence-corrected chi connectivity index (χ4v) is 3.58. The number of hydrogen-bond donors (Lipinski definition) is 0.